The van der Waals surface area contributed by atoms with Crippen LogP contribution in [0.1, 0.15) is 9.67 Å². The van der Waals surface area contributed by atoms with Crippen molar-refractivity contribution in [1.29, 1.82) is 0 Å². The molecule has 112 valence electrons. The van der Waals surface area contributed by atoms with Gasteiger partial charge in [-0.15, -0.1) is 22.7 Å². The van der Waals surface area contributed by atoms with E-state index < -0.39 is 0 Å². The van der Waals surface area contributed by atoms with Crippen molar-refractivity contribution >= 4 is 72.8 Å². The fraction of sp³-hybridized carbons (Fsp3) is 0. The summed E-state index contributed by atoms with van der Waals surface area (Å²) in [5, 5.41) is 6.24. The molecule has 0 radical (unpaired) electrons. The summed E-state index contributed by atoms with van der Waals surface area (Å²) in [5.74, 6) is -0.182. The number of carbonyl (C=O) groups excluding carboxylic acids is 1. The van der Waals surface area contributed by atoms with Crippen LogP contribution in [0.4, 0.5) is 5.13 Å². The first kappa shape index (κ1) is 16.0. The molecule has 0 atom stereocenters. The first-order valence-electron chi connectivity index (χ1n) is 6.00. The van der Waals surface area contributed by atoms with Crippen LogP contribution in [0.5, 0.6) is 0 Å². The third-order valence-electron chi connectivity index (χ3n) is 2.73. The standard InChI is InChI=1S/C14H7BrCl2N2OS2/c15-12-4-3-11(22-12)13(20)19-14-18-10(6-21-14)8-2-1-7(16)5-9(8)17/h1-6H,(H,18,19,20). The molecule has 0 aliphatic carbocycles. The summed E-state index contributed by atoms with van der Waals surface area (Å²) in [4.78, 5) is 17.1. The molecule has 1 N–H and O–H groups in total. The van der Waals surface area contributed by atoms with E-state index in [2.05, 4.69) is 26.2 Å². The van der Waals surface area contributed by atoms with Gasteiger partial charge in [0, 0.05) is 16.0 Å². The summed E-state index contributed by atoms with van der Waals surface area (Å²) in [5.41, 5.74) is 1.48. The molecule has 0 saturated carbocycles. The molecule has 22 heavy (non-hydrogen) atoms. The zero-order valence-electron chi connectivity index (χ0n) is 10.8. The van der Waals surface area contributed by atoms with Crippen molar-refractivity contribution < 1.29 is 4.79 Å². The normalized spacial score (nSPS) is 10.7. The van der Waals surface area contributed by atoms with E-state index in [-0.39, 0.29) is 5.91 Å². The quantitative estimate of drug-likeness (QED) is 0.534. The lowest BCUT2D eigenvalue weighted by Gasteiger charge is -2.01. The van der Waals surface area contributed by atoms with Crippen LogP contribution >= 0.6 is 61.8 Å². The van der Waals surface area contributed by atoms with Crippen molar-refractivity contribution in [2.75, 3.05) is 5.32 Å². The number of thiazole rings is 1. The molecule has 8 heteroatoms. The van der Waals surface area contributed by atoms with Gasteiger partial charge in [-0.2, -0.15) is 0 Å². The number of anilines is 1. The minimum absolute atomic E-state index is 0.182. The van der Waals surface area contributed by atoms with Crippen LogP contribution < -0.4 is 5.32 Å². The topological polar surface area (TPSA) is 42.0 Å². The van der Waals surface area contributed by atoms with E-state index in [0.29, 0.717) is 25.7 Å². The fourth-order valence-corrected chi connectivity index (χ4v) is 4.24. The summed E-state index contributed by atoms with van der Waals surface area (Å²) in [6, 6.07) is 8.82. The second-order valence-electron chi connectivity index (χ2n) is 4.22. The lowest BCUT2D eigenvalue weighted by molar-refractivity contribution is 0.103. The molecule has 0 aliphatic rings. The van der Waals surface area contributed by atoms with Crippen LogP contribution in [0.2, 0.25) is 10.0 Å². The van der Waals surface area contributed by atoms with Gasteiger partial charge in [0.2, 0.25) is 0 Å². The summed E-state index contributed by atoms with van der Waals surface area (Å²) >= 11 is 18.1. The van der Waals surface area contributed by atoms with E-state index >= 15 is 0 Å². The van der Waals surface area contributed by atoms with E-state index in [4.69, 9.17) is 23.2 Å². The van der Waals surface area contributed by atoms with Gasteiger partial charge in [-0.05, 0) is 46.3 Å². The van der Waals surface area contributed by atoms with Crippen LogP contribution in [-0.4, -0.2) is 10.9 Å². The lowest BCUT2D eigenvalue weighted by atomic mass is 10.2. The molecule has 1 aromatic carbocycles. The summed E-state index contributed by atoms with van der Waals surface area (Å²) in [6.07, 6.45) is 0. The van der Waals surface area contributed by atoms with Gasteiger partial charge in [0.1, 0.15) is 0 Å². The third kappa shape index (κ3) is 3.52. The number of halogens is 3. The SMILES string of the molecule is O=C(Nc1nc(-c2ccc(Cl)cc2Cl)cs1)c1ccc(Br)s1. The largest absolute Gasteiger partial charge is 0.297 e. The molecule has 0 unspecified atom stereocenters. The average Bonchev–Trinajstić information content (AvgIpc) is 3.08. The van der Waals surface area contributed by atoms with Gasteiger partial charge in [0.25, 0.3) is 5.91 Å². The Hall–Kier alpha value is -0.920. The second kappa shape index (κ2) is 6.68. The Bertz CT molecular complexity index is 847. The molecule has 0 bridgehead atoms. The highest BCUT2D eigenvalue weighted by Gasteiger charge is 2.13. The average molecular weight is 434 g/mol. The number of carbonyl (C=O) groups is 1. The Morgan fingerprint density at radius 3 is 2.73 bits per heavy atom. The minimum Gasteiger partial charge on any atom is -0.297 e. The predicted octanol–water partition coefficient (Wildman–Crippen LogP) is 6.19. The summed E-state index contributed by atoms with van der Waals surface area (Å²) in [6.45, 7) is 0. The van der Waals surface area contributed by atoms with E-state index in [1.54, 1.807) is 18.2 Å². The molecule has 1 amide bonds. The third-order valence-corrected chi connectivity index (χ3v) is 5.66. The molecule has 0 aliphatic heterocycles. The second-order valence-corrected chi connectivity index (χ2v) is 8.38. The molecular formula is C14H7BrCl2N2OS2. The first-order valence-corrected chi connectivity index (χ1v) is 9.25. The van der Waals surface area contributed by atoms with Gasteiger partial charge < -0.3 is 0 Å². The molecule has 2 aromatic heterocycles. The van der Waals surface area contributed by atoms with E-state index in [1.165, 1.54) is 22.7 Å². The highest BCUT2D eigenvalue weighted by molar-refractivity contribution is 9.11. The molecule has 3 nitrogen and oxygen atoms in total. The highest BCUT2D eigenvalue weighted by Crippen LogP contribution is 2.32. The monoisotopic (exact) mass is 432 g/mol. The molecule has 3 rings (SSSR count). The molecule has 3 aromatic rings. The molecular weight excluding hydrogens is 427 g/mol. The van der Waals surface area contributed by atoms with Gasteiger partial charge in [-0.3, -0.25) is 10.1 Å². The number of aromatic nitrogens is 1. The van der Waals surface area contributed by atoms with Gasteiger partial charge in [0.15, 0.2) is 5.13 Å². The van der Waals surface area contributed by atoms with Crippen molar-refractivity contribution in [3.63, 3.8) is 0 Å². The van der Waals surface area contributed by atoms with Crippen LogP contribution in [-0.2, 0) is 0 Å². The Kier molecular flexibility index (Phi) is 4.84. The predicted molar refractivity (Wildman–Crippen MR) is 97.5 cm³/mol. The number of hydrogen-bond donors (Lipinski definition) is 1. The first-order chi connectivity index (χ1) is 10.5. The zero-order chi connectivity index (χ0) is 15.7. The summed E-state index contributed by atoms with van der Waals surface area (Å²) in [7, 11) is 0. The Morgan fingerprint density at radius 1 is 1.23 bits per heavy atom. The maximum Gasteiger partial charge on any atom is 0.267 e. The lowest BCUT2D eigenvalue weighted by Crippen LogP contribution is -2.09. The van der Waals surface area contributed by atoms with Crippen molar-refractivity contribution in [2.45, 2.75) is 0 Å². The number of thiophene rings is 1. The zero-order valence-corrected chi connectivity index (χ0v) is 15.5. The van der Waals surface area contributed by atoms with Crippen molar-refractivity contribution in [3.8, 4) is 11.3 Å². The van der Waals surface area contributed by atoms with Crippen LogP contribution in [0.15, 0.2) is 39.5 Å². The minimum atomic E-state index is -0.182. The maximum atomic E-state index is 12.1. The van der Waals surface area contributed by atoms with Gasteiger partial charge >= 0.3 is 0 Å². The van der Waals surface area contributed by atoms with E-state index in [9.17, 15) is 4.79 Å². The summed E-state index contributed by atoms with van der Waals surface area (Å²) < 4.78 is 0.908. The van der Waals surface area contributed by atoms with Crippen LogP contribution in [0.25, 0.3) is 11.3 Å². The van der Waals surface area contributed by atoms with E-state index in [1.807, 2.05) is 17.5 Å². The highest BCUT2D eigenvalue weighted by atomic mass is 79.9. The number of hydrogen-bond acceptors (Lipinski definition) is 4. The fourth-order valence-electron chi connectivity index (χ4n) is 1.75. The molecule has 0 fully saturated rings. The number of rotatable bonds is 3. The van der Waals surface area contributed by atoms with Crippen molar-refractivity contribution in [1.82, 2.24) is 4.98 Å². The maximum absolute atomic E-state index is 12.1. The van der Waals surface area contributed by atoms with Crippen LogP contribution in [0.3, 0.4) is 0 Å². The van der Waals surface area contributed by atoms with Gasteiger partial charge in [0.05, 0.1) is 19.4 Å². The van der Waals surface area contributed by atoms with E-state index in [0.717, 1.165) is 9.35 Å². The number of nitrogens with one attached hydrogen (secondary N) is 1. The number of nitrogens with zero attached hydrogens (tertiary/aromatic N) is 1. The number of benzene rings is 1. The van der Waals surface area contributed by atoms with Crippen molar-refractivity contribution in [3.05, 3.63) is 54.4 Å². The Morgan fingerprint density at radius 2 is 2.05 bits per heavy atom. The van der Waals surface area contributed by atoms with Gasteiger partial charge in [-0.1, -0.05) is 23.2 Å². The number of amides is 1. The smallest absolute Gasteiger partial charge is 0.267 e. The van der Waals surface area contributed by atoms with Crippen LogP contribution in [0, 0.1) is 0 Å². The Balaban J connectivity index is 1.80. The van der Waals surface area contributed by atoms with Crippen molar-refractivity contribution in [2.24, 2.45) is 0 Å². The molecule has 0 spiro atoms. The molecule has 2 heterocycles. The van der Waals surface area contributed by atoms with Gasteiger partial charge in [-0.25, -0.2) is 4.98 Å². The molecule has 0 saturated heterocycles. The Labute approximate surface area is 153 Å².